The second kappa shape index (κ2) is 10.5. The molecule has 0 unspecified atom stereocenters. The van der Waals surface area contributed by atoms with Gasteiger partial charge in [0.1, 0.15) is 11.4 Å². The summed E-state index contributed by atoms with van der Waals surface area (Å²) in [5.74, 6) is 1.17. The van der Waals surface area contributed by atoms with Gasteiger partial charge in [-0.2, -0.15) is 4.98 Å². The van der Waals surface area contributed by atoms with Crippen LogP contribution in [0.2, 0.25) is 10.0 Å². The Morgan fingerprint density at radius 2 is 1.72 bits per heavy atom. The number of aryl methyl sites for hydroxylation is 1. The number of hydrogen-bond acceptors (Lipinski definition) is 5. The van der Waals surface area contributed by atoms with Crippen LogP contribution in [0.25, 0.3) is 22.2 Å². The molecule has 1 N–H and O–H groups in total. The zero-order chi connectivity index (χ0) is 23.3. The van der Waals surface area contributed by atoms with Crippen molar-refractivity contribution in [3.05, 3.63) is 75.1 Å². The van der Waals surface area contributed by atoms with Crippen molar-refractivity contribution in [1.29, 1.82) is 0 Å². The van der Waals surface area contributed by atoms with Gasteiger partial charge in [0.15, 0.2) is 0 Å². The monoisotopic (exact) mass is 470 g/mol. The van der Waals surface area contributed by atoms with Gasteiger partial charge in [0.05, 0.1) is 22.2 Å². The van der Waals surface area contributed by atoms with Gasteiger partial charge in [-0.15, -0.1) is 0 Å². The molecule has 0 spiro atoms. The number of anilines is 2. The number of nitrogens with zero attached hydrogens (tertiary/aromatic N) is 3. The third-order valence-corrected chi connectivity index (χ3v) is 5.23. The first-order valence-corrected chi connectivity index (χ1v) is 11.0. The van der Waals surface area contributed by atoms with Crippen molar-refractivity contribution in [2.24, 2.45) is 7.05 Å². The molecule has 0 aliphatic rings. The molecular weight excluding hydrogens is 447 g/mol. The third-order valence-electron chi connectivity index (χ3n) is 4.60. The molecule has 0 radical (unpaired) electrons. The molecule has 0 bridgehead atoms. The van der Waals surface area contributed by atoms with Crippen LogP contribution >= 0.6 is 23.2 Å². The lowest BCUT2D eigenvalue weighted by atomic mass is 10.1. The fourth-order valence-corrected chi connectivity index (χ4v) is 3.77. The van der Waals surface area contributed by atoms with E-state index in [9.17, 15) is 4.79 Å². The van der Waals surface area contributed by atoms with Crippen LogP contribution in [0.1, 0.15) is 20.8 Å². The highest BCUT2D eigenvalue weighted by Gasteiger charge is 2.16. The van der Waals surface area contributed by atoms with E-state index in [4.69, 9.17) is 27.9 Å². The van der Waals surface area contributed by atoms with E-state index in [0.29, 0.717) is 44.8 Å². The molecule has 0 aliphatic heterocycles. The lowest BCUT2D eigenvalue weighted by molar-refractivity contribution is 0.340. The fourth-order valence-electron chi connectivity index (χ4n) is 3.17. The van der Waals surface area contributed by atoms with E-state index in [-0.39, 0.29) is 5.56 Å². The van der Waals surface area contributed by atoms with Gasteiger partial charge in [-0.3, -0.25) is 9.36 Å². The molecule has 32 heavy (non-hydrogen) atoms. The fraction of sp³-hybridized carbons (Fsp3) is 0.208. The number of pyridine rings is 1. The number of fused-ring (bicyclic) bond motifs is 1. The number of hydrogen-bond donors (Lipinski definition) is 1. The van der Waals surface area contributed by atoms with Gasteiger partial charge in [-0.05, 0) is 49.4 Å². The van der Waals surface area contributed by atoms with Gasteiger partial charge in [0, 0.05) is 29.9 Å². The number of ether oxygens (including phenoxy) is 1. The van der Waals surface area contributed by atoms with E-state index in [1.165, 1.54) is 4.57 Å². The molecule has 6 nitrogen and oxygen atoms in total. The van der Waals surface area contributed by atoms with Crippen LogP contribution in [0.4, 0.5) is 11.6 Å². The highest BCUT2D eigenvalue weighted by Crippen LogP contribution is 2.33. The SMILES string of the molecule is CC.CCOc1ccc(Nc2ncc3cc(-c4c(Cl)cccc4Cl)c(=O)n(C)c3n2)cc1. The van der Waals surface area contributed by atoms with E-state index in [2.05, 4.69) is 15.3 Å². The summed E-state index contributed by atoms with van der Waals surface area (Å²) < 4.78 is 6.91. The predicted octanol–water partition coefficient (Wildman–Crippen LogP) is 6.47. The summed E-state index contributed by atoms with van der Waals surface area (Å²) in [4.78, 5) is 21.9. The molecule has 8 heteroatoms. The quantitative estimate of drug-likeness (QED) is 0.361. The Bertz CT molecular complexity index is 1270. The van der Waals surface area contributed by atoms with E-state index >= 15 is 0 Å². The Balaban J connectivity index is 0.00000141. The summed E-state index contributed by atoms with van der Waals surface area (Å²) in [5.41, 5.74) is 1.96. The maximum atomic E-state index is 13.0. The maximum absolute atomic E-state index is 13.0. The first kappa shape index (κ1) is 23.6. The molecule has 0 fully saturated rings. The molecular formula is C24H24Cl2N4O2. The van der Waals surface area contributed by atoms with Crippen LogP contribution < -0.4 is 15.6 Å². The topological polar surface area (TPSA) is 69.0 Å². The molecule has 4 rings (SSSR count). The van der Waals surface area contributed by atoms with Crippen molar-refractivity contribution in [3.63, 3.8) is 0 Å². The van der Waals surface area contributed by atoms with Crippen LogP contribution in [-0.4, -0.2) is 21.1 Å². The van der Waals surface area contributed by atoms with E-state index in [1.807, 2.05) is 45.0 Å². The highest BCUT2D eigenvalue weighted by molar-refractivity contribution is 6.39. The van der Waals surface area contributed by atoms with Crippen LogP contribution in [0.3, 0.4) is 0 Å². The van der Waals surface area contributed by atoms with E-state index in [1.54, 1.807) is 37.5 Å². The Hall–Kier alpha value is -3.09. The predicted molar refractivity (Wildman–Crippen MR) is 132 cm³/mol. The molecule has 0 aliphatic carbocycles. The van der Waals surface area contributed by atoms with Crippen molar-refractivity contribution in [1.82, 2.24) is 14.5 Å². The average molecular weight is 471 g/mol. The van der Waals surface area contributed by atoms with Gasteiger partial charge in [-0.1, -0.05) is 43.1 Å². The Morgan fingerprint density at radius 3 is 2.34 bits per heavy atom. The first-order valence-electron chi connectivity index (χ1n) is 10.3. The Kier molecular flexibility index (Phi) is 7.72. The molecule has 2 aromatic heterocycles. The van der Waals surface area contributed by atoms with E-state index < -0.39 is 0 Å². The molecule has 4 aromatic rings. The van der Waals surface area contributed by atoms with Gasteiger partial charge in [-0.25, -0.2) is 4.98 Å². The number of nitrogens with one attached hydrogen (secondary N) is 1. The summed E-state index contributed by atoms with van der Waals surface area (Å²) in [5, 5.41) is 4.66. The smallest absolute Gasteiger partial charge is 0.259 e. The van der Waals surface area contributed by atoms with E-state index in [0.717, 1.165) is 11.4 Å². The molecule has 0 amide bonds. The molecule has 166 valence electrons. The minimum atomic E-state index is -0.247. The van der Waals surface area contributed by atoms with Gasteiger partial charge in [0.25, 0.3) is 5.56 Å². The third kappa shape index (κ3) is 4.87. The summed E-state index contributed by atoms with van der Waals surface area (Å²) in [6.07, 6.45) is 1.66. The number of rotatable bonds is 5. The van der Waals surface area contributed by atoms with Crippen molar-refractivity contribution < 1.29 is 4.74 Å². The number of halogens is 2. The first-order chi connectivity index (χ1) is 15.5. The number of benzene rings is 2. The van der Waals surface area contributed by atoms with Crippen LogP contribution in [0.15, 0.2) is 59.5 Å². The molecule has 0 saturated carbocycles. The lowest BCUT2D eigenvalue weighted by Crippen LogP contribution is -2.20. The largest absolute Gasteiger partial charge is 0.494 e. The maximum Gasteiger partial charge on any atom is 0.259 e. The van der Waals surface area contributed by atoms with Gasteiger partial charge < -0.3 is 10.1 Å². The standard InChI is InChI=1S/C22H18Cl2N4O2.C2H6/c1-3-30-15-9-7-14(8-10-15)26-22-25-12-13-11-16(21(29)28(2)20(13)27-22)19-17(23)5-4-6-18(19)24;1-2/h4-12H,3H2,1-2H3,(H,25,26,27);1-2H3. The molecule has 2 aromatic carbocycles. The Labute approximate surface area is 196 Å². The lowest BCUT2D eigenvalue weighted by Gasteiger charge is -2.12. The summed E-state index contributed by atoms with van der Waals surface area (Å²) >= 11 is 12.6. The van der Waals surface area contributed by atoms with Crippen molar-refractivity contribution in [2.45, 2.75) is 20.8 Å². The van der Waals surface area contributed by atoms with Crippen LogP contribution in [-0.2, 0) is 7.05 Å². The molecule has 2 heterocycles. The van der Waals surface area contributed by atoms with Crippen molar-refractivity contribution in [3.8, 4) is 16.9 Å². The molecule has 0 saturated heterocycles. The summed E-state index contributed by atoms with van der Waals surface area (Å²) in [6, 6.07) is 14.3. The number of aromatic nitrogens is 3. The van der Waals surface area contributed by atoms with Crippen LogP contribution in [0.5, 0.6) is 5.75 Å². The normalized spacial score (nSPS) is 10.4. The zero-order valence-electron chi connectivity index (χ0n) is 18.3. The van der Waals surface area contributed by atoms with Gasteiger partial charge in [0.2, 0.25) is 5.95 Å². The summed E-state index contributed by atoms with van der Waals surface area (Å²) in [7, 11) is 1.66. The van der Waals surface area contributed by atoms with Gasteiger partial charge >= 0.3 is 0 Å². The zero-order valence-corrected chi connectivity index (χ0v) is 19.8. The minimum absolute atomic E-state index is 0.247. The summed E-state index contributed by atoms with van der Waals surface area (Å²) in [6.45, 7) is 6.54. The highest BCUT2D eigenvalue weighted by atomic mass is 35.5. The van der Waals surface area contributed by atoms with Crippen molar-refractivity contribution >= 4 is 45.9 Å². The minimum Gasteiger partial charge on any atom is -0.494 e. The second-order valence-electron chi connectivity index (χ2n) is 6.57. The van der Waals surface area contributed by atoms with Crippen LogP contribution in [0, 0.1) is 0 Å². The Morgan fingerprint density at radius 1 is 1.06 bits per heavy atom. The molecule has 0 atom stereocenters. The van der Waals surface area contributed by atoms with Crippen molar-refractivity contribution in [2.75, 3.05) is 11.9 Å². The second-order valence-corrected chi connectivity index (χ2v) is 7.39. The average Bonchev–Trinajstić information content (AvgIpc) is 2.80.